The summed E-state index contributed by atoms with van der Waals surface area (Å²) in [6.07, 6.45) is 0.855. The van der Waals surface area contributed by atoms with Crippen LogP contribution in [0.2, 0.25) is 0 Å². The largest absolute Gasteiger partial charge is 0.478 e. The van der Waals surface area contributed by atoms with Crippen LogP contribution in [0.4, 0.5) is 0 Å². The molecule has 0 aliphatic carbocycles. The number of rotatable bonds is 13. The summed E-state index contributed by atoms with van der Waals surface area (Å²) >= 11 is 0. The van der Waals surface area contributed by atoms with E-state index in [4.69, 9.17) is 24.1 Å². The highest BCUT2D eigenvalue weighted by atomic mass is 16.7. The van der Waals surface area contributed by atoms with E-state index in [0.717, 1.165) is 11.1 Å². The predicted molar refractivity (Wildman–Crippen MR) is 163 cm³/mol. The number of carbonyl (C=O) groups excluding carboxylic acids is 1. The molecule has 14 heteroatoms. The Bertz CT molecular complexity index is 1240. The van der Waals surface area contributed by atoms with Crippen LogP contribution >= 0.6 is 0 Å². The molecule has 8 N–H and O–H groups in total. The first-order valence-corrected chi connectivity index (χ1v) is 14.5. The van der Waals surface area contributed by atoms with E-state index in [-0.39, 0.29) is 11.1 Å². The van der Waals surface area contributed by atoms with Gasteiger partial charge in [-0.1, -0.05) is 71.9 Å². The standard InChI is InChI=1S/C32H44O14/c1-17(11-7-13-19(3)29(40)41)9-5-6-10-18(2)12-8-14-20(4)30(42)46-32-28(39)26(37)24(35)22(45-32)16-43-31-27(38)25(36)23(34)21(15-33)44-31/h5-14,21-28,31-39H,15-16H2,1-4H3,(H,40,41)/t21-,22-,23-,24-,25+,26+,27-,28-,31-,32+/m1/s1. The number of allylic oxidation sites excluding steroid dienone is 12. The number of carboxylic acids is 1. The highest BCUT2D eigenvalue weighted by molar-refractivity contribution is 5.88. The van der Waals surface area contributed by atoms with E-state index in [2.05, 4.69) is 0 Å². The number of aliphatic hydroxyl groups excluding tert-OH is 7. The Morgan fingerprint density at radius 3 is 1.63 bits per heavy atom. The molecule has 0 bridgehead atoms. The molecule has 14 nitrogen and oxygen atoms in total. The Balaban J connectivity index is 1.94. The van der Waals surface area contributed by atoms with Gasteiger partial charge in [-0.3, -0.25) is 0 Å². The van der Waals surface area contributed by atoms with Crippen molar-refractivity contribution in [1.82, 2.24) is 0 Å². The summed E-state index contributed by atoms with van der Waals surface area (Å²) in [5.74, 6) is -1.86. The quantitative estimate of drug-likeness (QED) is 0.0725. The Kier molecular flexibility index (Phi) is 15.9. The summed E-state index contributed by atoms with van der Waals surface area (Å²) in [4.78, 5) is 23.4. The molecule has 0 aromatic heterocycles. The molecular weight excluding hydrogens is 608 g/mol. The summed E-state index contributed by atoms with van der Waals surface area (Å²) in [6, 6.07) is 0. The minimum absolute atomic E-state index is 0.127. The van der Waals surface area contributed by atoms with Crippen LogP contribution in [0.1, 0.15) is 27.7 Å². The van der Waals surface area contributed by atoms with Crippen molar-refractivity contribution in [2.24, 2.45) is 0 Å². The topological polar surface area (TPSA) is 233 Å². The van der Waals surface area contributed by atoms with Gasteiger partial charge in [-0.25, -0.2) is 9.59 Å². The van der Waals surface area contributed by atoms with Gasteiger partial charge in [-0.15, -0.1) is 0 Å². The van der Waals surface area contributed by atoms with Gasteiger partial charge in [-0.05, 0) is 27.7 Å². The molecule has 0 amide bonds. The summed E-state index contributed by atoms with van der Waals surface area (Å²) < 4.78 is 21.3. The molecule has 2 rings (SSSR count). The zero-order valence-electron chi connectivity index (χ0n) is 26.0. The molecule has 0 radical (unpaired) electrons. The molecule has 0 aromatic carbocycles. The zero-order valence-corrected chi connectivity index (χ0v) is 26.0. The average molecular weight is 653 g/mol. The number of hydrogen-bond acceptors (Lipinski definition) is 13. The lowest BCUT2D eigenvalue weighted by atomic mass is 9.98. The van der Waals surface area contributed by atoms with Crippen molar-refractivity contribution in [1.29, 1.82) is 0 Å². The zero-order chi connectivity index (χ0) is 34.6. The van der Waals surface area contributed by atoms with Gasteiger partial charge in [-0.2, -0.15) is 0 Å². The van der Waals surface area contributed by atoms with Gasteiger partial charge < -0.3 is 59.8 Å². The summed E-state index contributed by atoms with van der Waals surface area (Å²) in [5.41, 5.74) is 2.11. The molecule has 256 valence electrons. The lowest BCUT2D eigenvalue weighted by Crippen LogP contribution is -2.61. The number of carbonyl (C=O) groups is 2. The van der Waals surface area contributed by atoms with Crippen molar-refractivity contribution in [2.75, 3.05) is 13.2 Å². The predicted octanol–water partition coefficient (Wildman–Crippen LogP) is -0.308. The van der Waals surface area contributed by atoms with E-state index in [9.17, 15) is 45.3 Å². The highest BCUT2D eigenvalue weighted by Crippen LogP contribution is 2.26. The molecular formula is C32H44O14. The van der Waals surface area contributed by atoms with Gasteiger partial charge in [0.15, 0.2) is 6.29 Å². The summed E-state index contributed by atoms with van der Waals surface area (Å²) in [5, 5.41) is 79.1. The molecule has 0 aromatic rings. The molecule has 10 atom stereocenters. The number of ether oxygens (including phenoxy) is 4. The van der Waals surface area contributed by atoms with Crippen LogP contribution in [0.25, 0.3) is 0 Å². The third-order valence-corrected chi connectivity index (χ3v) is 7.06. The third-order valence-electron chi connectivity index (χ3n) is 7.06. The van der Waals surface area contributed by atoms with Crippen LogP contribution in [0.3, 0.4) is 0 Å². The van der Waals surface area contributed by atoms with Gasteiger partial charge >= 0.3 is 11.9 Å². The first kappa shape index (κ1) is 38.9. The number of hydrogen-bond donors (Lipinski definition) is 8. The summed E-state index contributed by atoms with van der Waals surface area (Å²) in [6.45, 7) is 5.43. The number of aliphatic carboxylic acids is 1. The lowest BCUT2D eigenvalue weighted by Gasteiger charge is -2.42. The van der Waals surface area contributed by atoms with Crippen molar-refractivity contribution >= 4 is 11.9 Å². The van der Waals surface area contributed by atoms with Crippen molar-refractivity contribution in [3.63, 3.8) is 0 Å². The molecule has 46 heavy (non-hydrogen) atoms. The number of aliphatic hydroxyl groups is 7. The second-order valence-electron chi connectivity index (χ2n) is 10.9. The van der Waals surface area contributed by atoms with Crippen LogP contribution in [0, 0.1) is 0 Å². The fraction of sp³-hybridized carbons (Fsp3) is 0.500. The molecule has 2 fully saturated rings. The molecule has 2 heterocycles. The molecule has 0 spiro atoms. The second-order valence-corrected chi connectivity index (χ2v) is 10.9. The van der Waals surface area contributed by atoms with Crippen molar-refractivity contribution < 1.29 is 69.4 Å². The molecule has 2 aliphatic heterocycles. The van der Waals surface area contributed by atoms with Gasteiger partial charge in [0.2, 0.25) is 6.29 Å². The van der Waals surface area contributed by atoms with E-state index < -0.39 is 86.6 Å². The molecule has 0 saturated carbocycles. The van der Waals surface area contributed by atoms with Crippen LogP contribution in [0.15, 0.2) is 83.1 Å². The van der Waals surface area contributed by atoms with E-state index in [0.29, 0.717) is 0 Å². The van der Waals surface area contributed by atoms with Crippen molar-refractivity contribution in [3.05, 3.63) is 83.1 Å². The first-order chi connectivity index (χ1) is 21.7. The SMILES string of the molecule is CC(C=CC=C(C)C(=O)O)=CC=CC=C(C)C=CC=C(C)C(=O)O[C@@H]1O[C@H](CO[C@@H]2O[C@H](CO)[C@@H](O)[C@H](O)[C@H]2O)[C@@H](O)[C@H](O)[C@H]1O. The molecule has 0 unspecified atom stereocenters. The third kappa shape index (κ3) is 11.5. The Labute approximate surface area is 266 Å². The fourth-order valence-corrected chi connectivity index (χ4v) is 4.10. The second kappa shape index (κ2) is 18.8. The van der Waals surface area contributed by atoms with E-state index in [1.807, 2.05) is 32.1 Å². The minimum Gasteiger partial charge on any atom is -0.478 e. The normalized spacial score (nSPS) is 33.7. The van der Waals surface area contributed by atoms with Gasteiger partial charge in [0.05, 0.1) is 13.2 Å². The summed E-state index contributed by atoms with van der Waals surface area (Å²) in [7, 11) is 0. The smallest absolute Gasteiger partial charge is 0.336 e. The maximum absolute atomic E-state index is 12.6. The lowest BCUT2D eigenvalue weighted by molar-refractivity contribution is -0.326. The number of esters is 1. The number of carboxylic acid groups (broad SMARTS) is 1. The fourth-order valence-electron chi connectivity index (χ4n) is 4.10. The Hall–Kier alpha value is -3.28. The average Bonchev–Trinajstić information content (AvgIpc) is 3.02. The molecule has 2 saturated heterocycles. The Morgan fingerprint density at radius 2 is 1.11 bits per heavy atom. The van der Waals surface area contributed by atoms with E-state index in [1.54, 1.807) is 30.4 Å². The van der Waals surface area contributed by atoms with Gasteiger partial charge in [0.25, 0.3) is 0 Å². The monoisotopic (exact) mass is 652 g/mol. The van der Waals surface area contributed by atoms with E-state index in [1.165, 1.54) is 26.0 Å². The minimum atomic E-state index is -1.80. The molecule has 2 aliphatic rings. The van der Waals surface area contributed by atoms with Crippen LogP contribution in [0.5, 0.6) is 0 Å². The van der Waals surface area contributed by atoms with Gasteiger partial charge in [0, 0.05) is 11.1 Å². The van der Waals surface area contributed by atoms with Gasteiger partial charge in [0.1, 0.15) is 48.8 Å². The van der Waals surface area contributed by atoms with Crippen LogP contribution in [-0.2, 0) is 28.5 Å². The van der Waals surface area contributed by atoms with E-state index >= 15 is 0 Å². The van der Waals surface area contributed by atoms with Crippen molar-refractivity contribution in [2.45, 2.75) is 89.1 Å². The van der Waals surface area contributed by atoms with Crippen LogP contribution < -0.4 is 0 Å². The Morgan fingerprint density at radius 1 is 0.630 bits per heavy atom. The van der Waals surface area contributed by atoms with Crippen molar-refractivity contribution in [3.8, 4) is 0 Å². The maximum atomic E-state index is 12.6. The highest BCUT2D eigenvalue weighted by Gasteiger charge is 2.48. The first-order valence-electron chi connectivity index (χ1n) is 14.5. The van der Waals surface area contributed by atoms with Crippen LogP contribution in [-0.4, -0.2) is 127 Å². The maximum Gasteiger partial charge on any atom is 0.336 e.